The Hall–Kier alpha value is -3.36. The minimum absolute atomic E-state index is 0.148. The third kappa shape index (κ3) is 7.43. The lowest BCUT2D eigenvalue weighted by atomic mass is 9.90. The van der Waals surface area contributed by atoms with Crippen molar-refractivity contribution < 1.29 is 26.3 Å². The van der Waals surface area contributed by atoms with Gasteiger partial charge >= 0.3 is 6.18 Å². The molecule has 0 unspecified atom stereocenters. The molecule has 0 saturated heterocycles. The number of halogens is 3. The van der Waals surface area contributed by atoms with Gasteiger partial charge in [0.15, 0.2) is 9.84 Å². The molecule has 1 saturated carbocycles. The molecule has 2 N–H and O–H groups in total. The zero-order valence-electron chi connectivity index (χ0n) is 23.1. The van der Waals surface area contributed by atoms with Crippen LogP contribution in [0.15, 0.2) is 47.5 Å². The Bertz CT molecular complexity index is 1510. The summed E-state index contributed by atoms with van der Waals surface area (Å²) in [5.74, 6) is 6.53. The van der Waals surface area contributed by atoms with Crippen LogP contribution in [-0.2, 0) is 16.4 Å². The molecule has 40 heavy (non-hydrogen) atoms. The van der Waals surface area contributed by atoms with Crippen LogP contribution in [0.5, 0.6) is 5.75 Å². The minimum Gasteiger partial charge on any atom is -0.495 e. The maximum Gasteiger partial charge on any atom is 0.406 e. The topological polar surface area (TPSA) is 75.6 Å². The maximum atomic E-state index is 13.3. The summed E-state index contributed by atoms with van der Waals surface area (Å²) < 4.78 is 70.2. The lowest BCUT2D eigenvalue weighted by Crippen LogP contribution is -2.36. The number of rotatable bonds is 8. The molecular formula is C29H35F3N4O3S. The lowest BCUT2D eigenvalue weighted by molar-refractivity contribution is -0.139. The summed E-state index contributed by atoms with van der Waals surface area (Å²) in [6.45, 7) is -0.915. The molecule has 4 rings (SSSR count). The molecule has 1 aliphatic carbocycles. The molecule has 216 valence electrons. The van der Waals surface area contributed by atoms with Crippen molar-refractivity contribution in [1.29, 1.82) is 0 Å². The van der Waals surface area contributed by atoms with E-state index in [1.807, 2.05) is 6.07 Å². The molecular weight excluding hydrogens is 541 g/mol. The van der Waals surface area contributed by atoms with E-state index in [9.17, 15) is 21.6 Å². The van der Waals surface area contributed by atoms with Crippen molar-refractivity contribution in [1.82, 2.24) is 9.47 Å². The summed E-state index contributed by atoms with van der Waals surface area (Å²) in [7, 11) is 2.25. The van der Waals surface area contributed by atoms with Gasteiger partial charge in [0.2, 0.25) is 0 Å². The fourth-order valence-electron chi connectivity index (χ4n) is 5.12. The van der Waals surface area contributed by atoms with E-state index in [-0.39, 0.29) is 17.5 Å². The van der Waals surface area contributed by atoms with Gasteiger partial charge < -0.3 is 24.8 Å². The summed E-state index contributed by atoms with van der Waals surface area (Å²) >= 11 is 0. The second-order valence-electron chi connectivity index (χ2n) is 10.4. The van der Waals surface area contributed by atoms with Crippen LogP contribution >= 0.6 is 0 Å². The highest BCUT2D eigenvalue weighted by Crippen LogP contribution is 2.32. The Morgan fingerprint density at radius 2 is 1.80 bits per heavy atom. The lowest BCUT2D eigenvalue weighted by Gasteiger charge is -2.33. The number of benzene rings is 2. The molecule has 0 amide bonds. The van der Waals surface area contributed by atoms with Gasteiger partial charge in [-0.15, -0.1) is 0 Å². The molecule has 1 aliphatic rings. The maximum absolute atomic E-state index is 13.3. The summed E-state index contributed by atoms with van der Waals surface area (Å²) in [5.41, 5.74) is 2.29. The van der Waals surface area contributed by atoms with Gasteiger partial charge in [-0.2, -0.15) is 13.2 Å². The number of anilines is 2. The second kappa shape index (κ2) is 12.0. The quantitative estimate of drug-likeness (QED) is 0.352. The zero-order chi connectivity index (χ0) is 29.1. The first kappa shape index (κ1) is 29.6. The Kier molecular flexibility index (Phi) is 8.90. The first-order chi connectivity index (χ1) is 18.8. The van der Waals surface area contributed by atoms with Gasteiger partial charge in [0, 0.05) is 41.2 Å². The van der Waals surface area contributed by atoms with E-state index in [0.29, 0.717) is 28.6 Å². The number of hydrogen-bond acceptors (Lipinski definition) is 6. The van der Waals surface area contributed by atoms with Crippen molar-refractivity contribution in [3.05, 3.63) is 48.2 Å². The number of fused-ring (bicyclic) bond motifs is 1. The fraction of sp³-hybridized carbons (Fsp3) is 0.448. The van der Waals surface area contributed by atoms with Crippen LogP contribution < -0.4 is 15.4 Å². The normalized spacial score (nSPS) is 17.9. The van der Waals surface area contributed by atoms with Gasteiger partial charge in [0.25, 0.3) is 0 Å². The van der Waals surface area contributed by atoms with Gasteiger partial charge in [-0.3, -0.25) is 0 Å². The molecule has 0 atom stereocenters. The Labute approximate surface area is 233 Å². The summed E-state index contributed by atoms with van der Waals surface area (Å²) in [5, 5.41) is 7.39. The highest BCUT2D eigenvalue weighted by molar-refractivity contribution is 7.90. The predicted octanol–water partition coefficient (Wildman–Crippen LogP) is 5.36. The molecule has 1 aromatic heterocycles. The van der Waals surface area contributed by atoms with E-state index < -0.39 is 22.6 Å². The molecule has 0 bridgehead atoms. The van der Waals surface area contributed by atoms with Crippen LogP contribution in [0.1, 0.15) is 31.2 Å². The summed E-state index contributed by atoms with van der Waals surface area (Å²) in [6, 6.07) is 10.6. The SMILES string of the molecule is COc1ccc(S(C)(=O)=O)cc1NCC#Cc1cc(NC2CCC(N(C)C)CC2)c2ccn(CC(F)(F)F)c2c1. The third-order valence-corrected chi connectivity index (χ3v) is 8.33. The van der Waals surface area contributed by atoms with Crippen molar-refractivity contribution in [3.8, 4) is 17.6 Å². The average Bonchev–Trinajstić information content (AvgIpc) is 3.27. The summed E-state index contributed by atoms with van der Waals surface area (Å²) in [6.07, 6.45) is 2.30. The van der Waals surface area contributed by atoms with Crippen LogP contribution in [0.4, 0.5) is 24.5 Å². The standard InChI is InChI=1S/C29H35F3N4O3S/c1-35(2)22-9-7-21(8-10-22)34-25-16-20(17-27-24(25)13-15-36(27)19-29(30,31)32)6-5-14-33-26-18-23(40(4,37)38)11-12-28(26)39-3/h11-13,15-18,21-22,33-34H,7-10,14,19H2,1-4H3. The average molecular weight is 577 g/mol. The van der Waals surface area contributed by atoms with Gasteiger partial charge in [-0.1, -0.05) is 11.8 Å². The van der Waals surface area contributed by atoms with Crippen LogP contribution in [-0.4, -0.2) is 70.2 Å². The van der Waals surface area contributed by atoms with Crippen molar-refractivity contribution in [3.63, 3.8) is 0 Å². The van der Waals surface area contributed by atoms with Crippen LogP contribution in [0.25, 0.3) is 10.9 Å². The number of sulfone groups is 1. The minimum atomic E-state index is -4.35. The van der Waals surface area contributed by atoms with Gasteiger partial charge in [0.1, 0.15) is 12.3 Å². The second-order valence-corrected chi connectivity index (χ2v) is 12.4. The van der Waals surface area contributed by atoms with Crippen molar-refractivity contribution in [2.75, 3.05) is 44.6 Å². The molecule has 2 aromatic carbocycles. The Morgan fingerprint density at radius 3 is 2.42 bits per heavy atom. The van der Waals surface area contributed by atoms with Gasteiger partial charge in [-0.05, 0) is 76.2 Å². The zero-order valence-corrected chi connectivity index (χ0v) is 23.9. The third-order valence-electron chi connectivity index (χ3n) is 7.22. The molecule has 11 heteroatoms. The van der Waals surface area contributed by atoms with Gasteiger partial charge in [0.05, 0.1) is 29.8 Å². The fourth-order valence-corrected chi connectivity index (χ4v) is 5.76. The molecule has 7 nitrogen and oxygen atoms in total. The van der Waals surface area contributed by atoms with E-state index in [1.54, 1.807) is 18.2 Å². The van der Waals surface area contributed by atoms with Crippen molar-refractivity contribution in [2.45, 2.75) is 55.4 Å². The van der Waals surface area contributed by atoms with E-state index in [0.717, 1.165) is 43.0 Å². The molecule has 0 aliphatic heterocycles. The number of hydrogen-bond donors (Lipinski definition) is 2. The smallest absolute Gasteiger partial charge is 0.406 e. The highest BCUT2D eigenvalue weighted by Gasteiger charge is 2.29. The number of ether oxygens (including phenoxy) is 1. The summed E-state index contributed by atoms with van der Waals surface area (Å²) in [4.78, 5) is 2.39. The number of nitrogens with one attached hydrogen (secondary N) is 2. The number of nitrogens with zero attached hydrogens (tertiary/aromatic N) is 2. The molecule has 0 spiro atoms. The monoisotopic (exact) mass is 576 g/mol. The highest BCUT2D eigenvalue weighted by atomic mass is 32.2. The van der Waals surface area contributed by atoms with Crippen molar-refractivity contribution >= 4 is 32.1 Å². The molecule has 3 aromatic rings. The molecule has 1 heterocycles. The Balaban J connectivity index is 1.59. The van der Waals surface area contributed by atoms with E-state index in [4.69, 9.17) is 4.74 Å². The van der Waals surface area contributed by atoms with E-state index in [1.165, 1.54) is 30.0 Å². The van der Waals surface area contributed by atoms with Crippen LogP contribution in [0, 0.1) is 11.8 Å². The number of aromatic nitrogens is 1. The van der Waals surface area contributed by atoms with E-state index in [2.05, 4.69) is 41.5 Å². The van der Waals surface area contributed by atoms with Crippen LogP contribution in [0.2, 0.25) is 0 Å². The van der Waals surface area contributed by atoms with E-state index >= 15 is 0 Å². The molecule has 0 radical (unpaired) electrons. The first-order valence-electron chi connectivity index (χ1n) is 13.1. The van der Waals surface area contributed by atoms with Crippen LogP contribution in [0.3, 0.4) is 0 Å². The largest absolute Gasteiger partial charge is 0.495 e. The van der Waals surface area contributed by atoms with Crippen molar-refractivity contribution in [2.24, 2.45) is 0 Å². The predicted molar refractivity (Wildman–Crippen MR) is 153 cm³/mol. The number of alkyl halides is 3. The van der Waals surface area contributed by atoms with Gasteiger partial charge in [-0.25, -0.2) is 8.42 Å². The molecule has 1 fully saturated rings. The number of methoxy groups -OCH3 is 1. The first-order valence-corrected chi connectivity index (χ1v) is 15.0. The Morgan fingerprint density at radius 1 is 1.07 bits per heavy atom.